The van der Waals surface area contributed by atoms with E-state index in [-0.39, 0.29) is 30.3 Å². The Hall–Kier alpha value is -1.84. The summed E-state index contributed by atoms with van der Waals surface area (Å²) in [6, 6.07) is 8.73. The van der Waals surface area contributed by atoms with Gasteiger partial charge in [-0.2, -0.15) is 0 Å². The maximum absolute atomic E-state index is 12.0. The van der Waals surface area contributed by atoms with E-state index in [1.165, 1.54) is 7.11 Å². The fraction of sp³-hybridized carbons (Fsp3) is 0.429. The van der Waals surface area contributed by atoms with Crippen LogP contribution in [-0.2, 0) is 9.53 Å². The Morgan fingerprint density at radius 2 is 1.83 bits per heavy atom. The number of carbonyl (C=O) groups is 2. The summed E-state index contributed by atoms with van der Waals surface area (Å²) >= 11 is 0. The predicted molar refractivity (Wildman–Crippen MR) is 69.2 cm³/mol. The van der Waals surface area contributed by atoms with E-state index in [9.17, 15) is 9.59 Å². The van der Waals surface area contributed by atoms with Crippen LogP contribution >= 0.6 is 0 Å². The number of hydrogen-bond donors (Lipinski definition) is 1. The lowest BCUT2D eigenvalue weighted by Crippen LogP contribution is -2.40. The number of benzene rings is 1. The number of carbonyl (C=O) groups excluding carboxylic acids is 2. The molecule has 0 heterocycles. The van der Waals surface area contributed by atoms with Gasteiger partial charge in [0.15, 0.2) is 0 Å². The van der Waals surface area contributed by atoms with Gasteiger partial charge in [0.1, 0.15) is 0 Å². The minimum absolute atomic E-state index is 0.164. The predicted octanol–water partition coefficient (Wildman–Crippen LogP) is 2.00. The molecule has 0 bridgehead atoms. The number of methoxy groups -OCH3 is 1. The molecule has 0 spiro atoms. The Kier molecular flexibility index (Phi) is 5.36. The van der Waals surface area contributed by atoms with Crippen LogP contribution in [0.2, 0.25) is 0 Å². The van der Waals surface area contributed by atoms with Crippen LogP contribution in [0.1, 0.15) is 30.6 Å². The van der Waals surface area contributed by atoms with Gasteiger partial charge in [-0.25, -0.2) is 0 Å². The summed E-state index contributed by atoms with van der Waals surface area (Å²) in [4.78, 5) is 23.2. The lowest BCUT2D eigenvalue weighted by Gasteiger charge is -2.21. The molecule has 1 unspecified atom stereocenters. The number of esters is 1. The van der Waals surface area contributed by atoms with Gasteiger partial charge in [0.25, 0.3) is 5.91 Å². The van der Waals surface area contributed by atoms with Crippen molar-refractivity contribution in [2.45, 2.75) is 26.3 Å². The second-order valence-electron chi connectivity index (χ2n) is 4.47. The Bertz CT molecular complexity index is 401. The molecule has 1 rings (SSSR count). The zero-order valence-electron chi connectivity index (χ0n) is 11.0. The summed E-state index contributed by atoms with van der Waals surface area (Å²) < 4.78 is 4.63. The first-order valence-corrected chi connectivity index (χ1v) is 5.97. The molecule has 98 valence electrons. The van der Waals surface area contributed by atoms with Crippen LogP contribution in [-0.4, -0.2) is 25.0 Å². The zero-order valence-corrected chi connectivity index (χ0v) is 11.0. The lowest BCUT2D eigenvalue weighted by atomic mass is 10.0. The molecular weight excluding hydrogens is 230 g/mol. The minimum Gasteiger partial charge on any atom is -0.469 e. The van der Waals surface area contributed by atoms with Gasteiger partial charge in [0, 0.05) is 11.6 Å². The third-order valence-electron chi connectivity index (χ3n) is 2.77. The SMILES string of the molecule is COC(=O)CC(NC(=O)c1ccccc1)C(C)C. The third-order valence-corrected chi connectivity index (χ3v) is 2.77. The second-order valence-corrected chi connectivity index (χ2v) is 4.47. The second kappa shape index (κ2) is 6.79. The lowest BCUT2D eigenvalue weighted by molar-refractivity contribution is -0.141. The topological polar surface area (TPSA) is 55.4 Å². The van der Waals surface area contributed by atoms with Crippen LogP contribution in [0, 0.1) is 5.92 Å². The van der Waals surface area contributed by atoms with Crippen molar-refractivity contribution < 1.29 is 14.3 Å². The maximum Gasteiger partial charge on any atom is 0.307 e. The van der Waals surface area contributed by atoms with Crippen molar-refractivity contribution in [1.82, 2.24) is 5.32 Å². The summed E-state index contributed by atoms with van der Waals surface area (Å²) in [7, 11) is 1.35. The van der Waals surface area contributed by atoms with Crippen LogP contribution < -0.4 is 5.32 Å². The van der Waals surface area contributed by atoms with Crippen molar-refractivity contribution in [2.24, 2.45) is 5.92 Å². The molecular formula is C14H19NO3. The van der Waals surface area contributed by atoms with E-state index in [4.69, 9.17) is 0 Å². The summed E-state index contributed by atoms with van der Waals surface area (Å²) in [5, 5.41) is 2.86. The van der Waals surface area contributed by atoms with Gasteiger partial charge in [0.2, 0.25) is 0 Å². The molecule has 1 atom stereocenters. The van der Waals surface area contributed by atoms with Crippen LogP contribution in [0.4, 0.5) is 0 Å². The number of nitrogens with one attached hydrogen (secondary N) is 1. The van der Waals surface area contributed by atoms with Crippen molar-refractivity contribution in [3.05, 3.63) is 35.9 Å². The Balaban J connectivity index is 2.67. The van der Waals surface area contributed by atoms with Crippen molar-refractivity contribution >= 4 is 11.9 Å². The van der Waals surface area contributed by atoms with E-state index in [0.717, 1.165) is 0 Å². The zero-order chi connectivity index (χ0) is 13.5. The van der Waals surface area contributed by atoms with Gasteiger partial charge in [-0.1, -0.05) is 32.0 Å². The molecule has 0 saturated carbocycles. The van der Waals surface area contributed by atoms with E-state index in [1.54, 1.807) is 24.3 Å². The van der Waals surface area contributed by atoms with Crippen molar-refractivity contribution in [2.75, 3.05) is 7.11 Å². The standard InChI is InChI=1S/C14H19NO3/c1-10(2)12(9-13(16)18-3)15-14(17)11-7-5-4-6-8-11/h4-8,10,12H,9H2,1-3H3,(H,15,17). The molecule has 1 N–H and O–H groups in total. The minimum atomic E-state index is -0.318. The Morgan fingerprint density at radius 1 is 1.22 bits per heavy atom. The average molecular weight is 249 g/mol. The van der Waals surface area contributed by atoms with Crippen LogP contribution in [0.15, 0.2) is 30.3 Å². The van der Waals surface area contributed by atoms with Gasteiger partial charge in [-0.05, 0) is 18.1 Å². The van der Waals surface area contributed by atoms with E-state index in [1.807, 2.05) is 19.9 Å². The number of ether oxygens (including phenoxy) is 1. The molecule has 0 aliphatic rings. The molecule has 1 aromatic rings. The summed E-state index contributed by atoms with van der Waals surface area (Å²) in [5.74, 6) is -0.322. The maximum atomic E-state index is 12.0. The molecule has 0 fully saturated rings. The van der Waals surface area contributed by atoms with E-state index >= 15 is 0 Å². The third kappa shape index (κ3) is 4.20. The van der Waals surface area contributed by atoms with Gasteiger partial charge < -0.3 is 10.1 Å². The molecule has 4 heteroatoms. The van der Waals surface area contributed by atoms with Crippen LogP contribution in [0.25, 0.3) is 0 Å². The molecule has 1 amide bonds. The highest BCUT2D eigenvalue weighted by atomic mass is 16.5. The van der Waals surface area contributed by atoms with Gasteiger partial charge >= 0.3 is 5.97 Å². The van der Waals surface area contributed by atoms with Crippen molar-refractivity contribution in [3.63, 3.8) is 0 Å². The number of rotatable bonds is 5. The molecule has 0 aliphatic heterocycles. The highest BCUT2D eigenvalue weighted by Gasteiger charge is 2.20. The summed E-state index contributed by atoms with van der Waals surface area (Å²) in [6.45, 7) is 3.91. The average Bonchev–Trinajstić information content (AvgIpc) is 2.38. The quantitative estimate of drug-likeness (QED) is 0.812. The Morgan fingerprint density at radius 3 is 2.33 bits per heavy atom. The highest BCUT2D eigenvalue weighted by Crippen LogP contribution is 2.09. The largest absolute Gasteiger partial charge is 0.469 e. The first-order chi connectivity index (χ1) is 8.54. The molecule has 0 aromatic heterocycles. The molecule has 1 aromatic carbocycles. The normalized spacial score (nSPS) is 12.0. The first kappa shape index (κ1) is 14.2. The molecule has 18 heavy (non-hydrogen) atoms. The van der Waals surface area contributed by atoms with E-state index in [0.29, 0.717) is 5.56 Å². The molecule has 0 radical (unpaired) electrons. The van der Waals surface area contributed by atoms with Crippen LogP contribution in [0.3, 0.4) is 0 Å². The van der Waals surface area contributed by atoms with Crippen molar-refractivity contribution in [3.8, 4) is 0 Å². The first-order valence-electron chi connectivity index (χ1n) is 5.97. The fourth-order valence-corrected chi connectivity index (χ4v) is 1.56. The van der Waals surface area contributed by atoms with E-state index in [2.05, 4.69) is 10.1 Å². The molecule has 0 aliphatic carbocycles. The monoisotopic (exact) mass is 249 g/mol. The van der Waals surface area contributed by atoms with Gasteiger partial charge in [-0.3, -0.25) is 9.59 Å². The number of amides is 1. The van der Waals surface area contributed by atoms with Gasteiger partial charge in [0.05, 0.1) is 13.5 Å². The molecule has 4 nitrogen and oxygen atoms in total. The highest BCUT2D eigenvalue weighted by molar-refractivity contribution is 5.94. The summed E-state index contributed by atoms with van der Waals surface area (Å²) in [5.41, 5.74) is 0.591. The Labute approximate surface area is 107 Å². The van der Waals surface area contributed by atoms with Crippen molar-refractivity contribution in [1.29, 1.82) is 0 Å². The fourth-order valence-electron chi connectivity index (χ4n) is 1.56. The summed E-state index contributed by atoms with van der Waals surface area (Å²) in [6.07, 6.45) is 0.187. The van der Waals surface area contributed by atoms with Gasteiger partial charge in [-0.15, -0.1) is 0 Å². The smallest absolute Gasteiger partial charge is 0.307 e. The van der Waals surface area contributed by atoms with Crippen LogP contribution in [0.5, 0.6) is 0 Å². The number of hydrogen-bond acceptors (Lipinski definition) is 3. The molecule has 0 saturated heterocycles. The van der Waals surface area contributed by atoms with E-state index < -0.39 is 0 Å².